The van der Waals surface area contributed by atoms with Gasteiger partial charge in [-0.25, -0.2) is 0 Å². The second kappa shape index (κ2) is 3.81. The lowest BCUT2D eigenvalue weighted by atomic mass is 10.0. The van der Waals surface area contributed by atoms with Crippen molar-refractivity contribution < 1.29 is 0 Å². The highest BCUT2D eigenvalue weighted by molar-refractivity contribution is 6.02. The third kappa shape index (κ3) is 1.44. The summed E-state index contributed by atoms with van der Waals surface area (Å²) in [5.41, 5.74) is 16.0. The van der Waals surface area contributed by atoms with Gasteiger partial charge in [0, 0.05) is 29.2 Å². The van der Waals surface area contributed by atoms with E-state index in [0.717, 1.165) is 28.1 Å². The van der Waals surface area contributed by atoms with Crippen LogP contribution < -0.4 is 11.5 Å². The number of hydrogen-bond donors (Lipinski definition) is 2. The molecule has 3 rings (SSSR count). The summed E-state index contributed by atoms with van der Waals surface area (Å²) in [6, 6.07) is 16.0. The third-order valence-corrected chi connectivity index (χ3v) is 3.35. The van der Waals surface area contributed by atoms with Crippen LogP contribution in [0.2, 0.25) is 0 Å². The average molecular weight is 237 g/mol. The van der Waals surface area contributed by atoms with Crippen LogP contribution in [0.4, 0.5) is 11.5 Å². The fourth-order valence-corrected chi connectivity index (χ4v) is 2.37. The Morgan fingerprint density at radius 1 is 0.889 bits per heavy atom. The number of hydrogen-bond acceptors (Lipinski definition) is 2. The lowest BCUT2D eigenvalue weighted by Crippen LogP contribution is -1.96. The van der Waals surface area contributed by atoms with E-state index in [4.69, 9.17) is 11.5 Å². The Hall–Kier alpha value is -2.42. The lowest BCUT2D eigenvalue weighted by Gasteiger charge is -2.03. The molecule has 0 saturated heterocycles. The topological polar surface area (TPSA) is 57.0 Å². The van der Waals surface area contributed by atoms with Crippen LogP contribution in [0, 0.1) is 0 Å². The van der Waals surface area contributed by atoms with Crippen molar-refractivity contribution in [1.29, 1.82) is 0 Å². The molecule has 3 aromatic rings. The number of para-hydroxylation sites is 1. The molecule has 0 spiro atoms. The van der Waals surface area contributed by atoms with Crippen LogP contribution in [0.25, 0.3) is 22.0 Å². The molecule has 18 heavy (non-hydrogen) atoms. The van der Waals surface area contributed by atoms with E-state index in [-0.39, 0.29) is 0 Å². The van der Waals surface area contributed by atoms with Gasteiger partial charge in [0.05, 0.1) is 0 Å². The molecule has 0 aliphatic carbocycles. The molecule has 0 aliphatic heterocycles. The molecule has 0 amide bonds. The van der Waals surface area contributed by atoms with Gasteiger partial charge in [0.25, 0.3) is 0 Å². The van der Waals surface area contributed by atoms with E-state index in [1.807, 2.05) is 48.0 Å². The van der Waals surface area contributed by atoms with Gasteiger partial charge in [-0.05, 0) is 23.8 Å². The molecule has 1 heterocycles. The average Bonchev–Trinajstić information content (AvgIpc) is 2.64. The van der Waals surface area contributed by atoms with Crippen LogP contribution >= 0.6 is 0 Å². The molecule has 0 saturated carbocycles. The third-order valence-electron chi connectivity index (χ3n) is 3.35. The van der Waals surface area contributed by atoms with Gasteiger partial charge in [0.1, 0.15) is 5.82 Å². The first-order valence-electron chi connectivity index (χ1n) is 5.87. The van der Waals surface area contributed by atoms with Gasteiger partial charge >= 0.3 is 0 Å². The second-order valence-corrected chi connectivity index (χ2v) is 4.46. The smallest absolute Gasteiger partial charge is 0.112 e. The number of anilines is 2. The van der Waals surface area contributed by atoms with E-state index in [0.29, 0.717) is 0 Å². The van der Waals surface area contributed by atoms with Crippen molar-refractivity contribution in [2.24, 2.45) is 7.05 Å². The Kier molecular flexibility index (Phi) is 2.27. The molecule has 0 fully saturated rings. The number of nitrogens with two attached hydrogens (primary N) is 2. The first kappa shape index (κ1) is 10.7. The van der Waals surface area contributed by atoms with Crippen molar-refractivity contribution in [1.82, 2.24) is 4.57 Å². The molecule has 90 valence electrons. The minimum Gasteiger partial charge on any atom is -0.399 e. The van der Waals surface area contributed by atoms with Crippen molar-refractivity contribution in [2.45, 2.75) is 0 Å². The van der Waals surface area contributed by atoms with Crippen LogP contribution in [0.5, 0.6) is 0 Å². The highest BCUT2D eigenvalue weighted by Crippen LogP contribution is 2.36. The minimum atomic E-state index is 0.762. The number of aromatic nitrogens is 1. The SMILES string of the molecule is Cn1c(N)c(-c2ccc(N)cc2)c2ccccc21. The molecule has 2 aromatic carbocycles. The predicted molar refractivity (Wildman–Crippen MR) is 77.2 cm³/mol. The zero-order valence-electron chi connectivity index (χ0n) is 10.2. The standard InChI is InChI=1S/C15H15N3/c1-18-13-5-3-2-4-12(13)14(15(18)17)10-6-8-11(16)9-7-10/h2-9H,16-17H2,1H3. The molecule has 0 bridgehead atoms. The van der Waals surface area contributed by atoms with E-state index in [1.165, 1.54) is 5.39 Å². The lowest BCUT2D eigenvalue weighted by molar-refractivity contribution is 0.984. The molecule has 0 atom stereocenters. The van der Waals surface area contributed by atoms with Crippen LogP contribution in [-0.2, 0) is 7.05 Å². The maximum absolute atomic E-state index is 6.22. The first-order valence-corrected chi connectivity index (χ1v) is 5.87. The zero-order chi connectivity index (χ0) is 12.7. The van der Waals surface area contributed by atoms with Gasteiger partial charge in [-0.1, -0.05) is 30.3 Å². The van der Waals surface area contributed by atoms with E-state index >= 15 is 0 Å². The number of fused-ring (bicyclic) bond motifs is 1. The highest BCUT2D eigenvalue weighted by Gasteiger charge is 2.13. The Morgan fingerprint density at radius 3 is 2.28 bits per heavy atom. The zero-order valence-corrected chi connectivity index (χ0v) is 10.2. The van der Waals surface area contributed by atoms with Crippen LogP contribution in [-0.4, -0.2) is 4.57 Å². The fourth-order valence-electron chi connectivity index (χ4n) is 2.37. The Balaban J connectivity index is 2.35. The molecular weight excluding hydrogens is 222 g/mol. The van der Waals surface area contributed by atoms with Gasteiger partial charge < -0.3 is 16.0 Å². The quantitative estimate of drug-likeness (QED) is 0.639. The molecule has 1 aromatic heterocycles. The number of rotatable bonds is 1. The second-order valence-electron chi connectivity index (χ2n) is 4.46. The first-order chi connectivity index (χ1) is 8.68. The summed E-state index contributed by atoms with van der Waals surface area (Å²) < 4.78 is 2.01. The maximum atomic E-state index is 6.22. The number of nitrogen functional groups attached to an aromatic ring is 2. The summed E-state index contributed by atoms with van der Waals surface area (Å²) in [5.74, 6) is 0.779. The summed E-state index contributed by atoms with van der Waals surface area (Å²) in [5, 5.41) is 1.17. The van der Waals surface area contributed by atoms with Crippen molar-refractivity contribution in [3.63, 3.8) is 0 Å². The van der Waals surface area contributed by atoms with Gasteiger partial charge in [0.15, 0.2) is 0 Å². The van der Waals surface area contributed by atoms with Gasteiger partial charge in [-0.15, -0.1) is 0 Å². The summed E-state index contributed by atoms with van der Waals surface area (Å²) >= 11 is 0. The van der Waals surface area contributed by atoms with Crippen molar-refractivity contribution >= 4 is 22.4 Å². The van der Waals surface area contributed by atoms with Crippen LogP contribution in [0.3, 0.4) is 0 Å². The fraction of sp³-hybridized carbons (Fsp3) is 0.0667. The van der Waals surface area contributed by atoms with Crippen molar-refractivity contribution in [2.75, 3.05) is 11.5 Å². The summed E-state index contributed by atoms with van der Waals surface area (Å²) in [4.78, 5) is 0. The van der Waals surface area contributed by atoms with Gasteiger partial charge in [-0.3, -0.25) is 0 Å². The Labute approximate surface area is 106 Å². The molecule has 0 radical (unpaired) electrons. The predicted octanol–water partition coefficient (Wildman–Crippen LogP) is 3.01. The van der Waals surface area contributed by atoms with Gasteiger partial charge in [-0.2, -0.15) is 0 Å². The summed E-state index contributed by atoms with van der Waals surface area (Å²) in [6.45, 7) is 0. The Morgan fingerprint density at radius 2 is 1.56 bits per heavy atom. The van der Waals surface area contributed by atoms with Gasteiger partial charge in [0.2, 0.25) is 0 Å². The highest BCUT2D eigenvalue weighted by atomic mass is 15.0. The van der Waals surface area contributed by atoms with E-state index < -0.39 is 0 Å². The van der Waals surface area contributed by atoms with E-state index in [1.54, 1.807) is 0 Å². The minimum absolute atomic E-state index is 0.762. The largest absolute Gasteiger partial charge is 0.399 e. The molecule has 0 aliphatic rings. The molecule has 0 unspecified atom stereocenters. The Bertz CT molecular complexity index is 708. The monoisotopic (exact) mass is 237 g/mol. The van der Waals surface area contributed by atoms with Crippen molar-refractivity contribution in [3.8, 4) is 11.1 Å². The van der Waals surface area contributed by atoms with Crippen molar-refractivity contribution in [3.05, 3.63) is 48.5 Å². The van der Waals surface area contributed by atoms with Crippen LogP contribution in [0.15, 0.2) is 48.5 Å². The number of benzene rings is 2. The summed E-state index contributed by atoms with van der Waals surface area (Å²) in [7, 11) is 1.98. The molecule has 4 N–H and O–H groups in total. The molecule has 3 heteroatoms. The number of nitrogens with zero attached hydrogens (tertiary/aromatic N) is 1. The van der Waals surface area contributed by atoms with E-state index in [2.05, 4.69) is 12.1 Å². The summed E-state index contributed by atoms with van der Waals surface area (Å²) in [6.07, 6.45) is 0. The normalized spacial score (nSPS) is 10.9. The number of aryl methyl sites for hydroxylation is 1. The van der Waals surface area contributed by atoms with E-state index in [9.17, 15) is 0 Å². The maximum Gasteiger partial charge on any atom is 0.112 e. The molecular formula is C15H15N3. The van der Waals surface area contributed by atoms with Crippen LogP contribution in [0.1, 0.15) is 0 Å². The molecule has 3 nitrogen and oxygen atoms in total.